The van der Waals surface area contributed by atoms with Gasteiger partial charge in [0.2, 0.25) is 0 Å². The second-order valence-corrected chi connectivity index (χ2v) is 8.86. The fourth-order valence-electron chi connectivity index (χ4n) is 2.51. The minimum atomic E-state index is -0.0278. The molecule has 1 aliphatic heterocycles. The Balaban J connectivity index is 2.57. The monoisotopic (exact) mass is 383 g/mol. The second-order valence-electron chi connectivity index (χ2n) is 5.98. The van der Waals surface area contributed by atoms with Gasteiger partial charge in [0.15, 0.2) is 0 Å². The molecule has 0 radical (unpaired) electrons. The average molecular weight is 383 g/mol. The van der Waals surface area contributed by atoms with Gasteiger partial charge in [0.05, 0.1) is 5.54 Å². The molecule has 0 aromatic carbocycles. The van der Waals surface area contributed by atoms with Crippen LogP contribution in [0.2, 0.25) is 0 Å². The van der Waals surface area contributed by atoms with E-state index in [1.165, 1.54) is 0 Å². The SMILES string of the molecule is C=NC(C)(CN1CCN(I)CC1)CC(C)(C)SC. The maximum atomic E-state index is 4.45. The van der Waals surface area contributed by atoms with Crippen LogP contribution in [0.3, 0.4) is 0 Å². The number of piperazine rings is 1. The van der Waals surface area contributed by atoms with Crippen LogP contribution in [0.1, 0.15) is 27.2 Å². The number of aliphatic imine (C=N–C) groups is 1. The predicted molar refractivity (Wildman–Crippen MR) is 92.2 cm³/mol. The van der Waals surface area contributed by atoms with Crippen LogP contribution in [0.25, 0.3) is 0 Å². The highest BCUT2D eigenvalue weighted by atomic mass is 127. The van der Waals surface area contributed by atoms with Crippen LogP contribution in [-0.4, -0.2) is 64.0 Å². The van der Waals surface area contributed by atoms with Crippen molar-refractivity contribution < 1.29 is 0 Å². The normalized spacial score (nSPS) is 22.7. The predicted octanol–water partition coefficient (Wildman–Crippen LogP) is 2.95. The van der Waals surface area contributed by atoms with Gasteiger partial charge in [-0.3, -0.25) is 9.89 Å². The molecule has 106 valence electrons. The van der Waals surface area contributed by atoms with Crippen molar-refractivity contribution in [2.24, 2.45) is 4.99 Å². The van der Waals surface area contributed by atoms with Gasteiger partial charge in [-0.05, 0) is 26.3 Å². The summed E-state index contributed by atoms with van der Waals surface area (Å²) in [4.78, 5) is 6.97. The third-order valence-corrected chi connectivity index (χ3v) is 5.84. The minimum Gasteiger partial charge on any atom is -0.298 e. The van der Waals surface area contributed by atoms with Crippen molar-refractivity contribution in [3.05, 3.63) is 0 Å². The summed E-state index contributed by atoms with van der Waals surface area (Å²) in [6.45, 7) is 16.3. The Bertz CT molecular complexity index is 277. The fraction of sp³-hybridized carbons (Fsp3) is 0.923. The molecule has 0 aromatic heterocycles. The third kappa shape index (κ3) is 5.35. The van der Waals surface area contributed by atoms with Crippen LogP contribution in [-0.2, 0) is 0 Å². The van der Waals surface area contributed by atoms with E-state index in [0.29, 0.717) is 0 Å². The number of hydrogen-bond donors (Lipinski definition) is 0. The fourth-order valence-corrected chi connectivity index (χ4v) is 3.40. The second kappa shape index (κ2) is 6.90. The van der Waals surface area contributed by atoms with E-state index in [4.69, 9.17) is 0 Å². The van der Waals surface area contributed by atoms with Gasteiger partial charge in [-0.15, -0.1) is 0 Å². The molecule has 1 unspecified atom stereocenters. The smallest absolute Gasteiger partial charge is 0.0712 e. The summed E-state index contributed by atoms with van der Waals surface area (Å²) in [6, 6.07) is 0. The highest BCUT2D eigenvalue weighted by molar-refractivity contribution is 14.1. The zero-order valence-electron chi connectivity index (χ0n) is 12.1. The van der Waals surface area contributed by atoms with Crippen molar-refractivity contribution in [1.82, 2.24) is 8.01 Å². The molecule has 0 aromatic rings. The molecule has 0 saturated carbocycles. The third-order valence-electron chi connectivity index (χ3n) is 3.62. The first-order chi connectivity index (χ1) is 8.30. The van der Waals surface area contributed by atoms with Gasteiger partial charge in [0.1, 0.15) is 0 Å². The summed E-state index contributed by atoms with van der Waals surface area (Å²) in [5.74, 6) is 0. The molecule has 3 nitrogen and oxygen atoms in total. The highest BCUT2D eigenvalue weighted by Crippen LogP contribution is 2.33. The Labute approximate surface area is 130 Å². The summed E-state index contributed by atoms with van der Waals surface area (Å²) in [6.07, 6.45) is 3.26. The lowest BCUT2D eigenvalue weighted by Crippen LogP contribution is -2.49. The summed E-state index contributed by atoms with van der Waals surface area (Å²) in [7, 11) is 0. The minimum absolute atomic E-state index is 0.0278. The van der Waals surface area contributed by atoms with Crippen LogP contribution in [0, 0.1) is 0 Å². The number of nitrogens with zero attached hydrogens (tertiary/aromatic N) is 3. The molecule has 1 rings (SSSR count). The van der Waals surface area contributed by atoms with Gasteiger partial charge in [0, 0.05) is 60.3 Å². The van der Waals surface area contributed by atoms with Crippen LogP contribution >= 0.6 is 34.6 Å². The van der Waals surface area contributed by atoms with Crippen molar-refractivity contribution in [3.8, 4) is 0 Å². The van der Waals surface area contributed by atoms with Gasteiger partial charge in [-0.2, -0.15) is 11.8 Å². The quantitative estimate of drug-likeness (QED) is 0.399. The van der Waals surface area contributed by atoms with Crippen LogP contribution in [0.15, 0.2) is 4.99 Å². The van der Waals surface area contributed by atoms with Gasteiger partial charge in [-0.1, -0.05) is 13.8 Å². The lowest BCUT2D eigenvalue weighted by atomic mass is 9.90. The molecule has 5 heteroatoms. The van der Waals surface area contributed by atoms with E-state index in [0.717, 1.165) is 39.1 Å². The molecule has 1 fully saturated rings. The molecule has 0 bridgehead atoms. The molecular weight excluding hydrogens is 357 g/mol. The molecule has 0 aliphatic carbocycles. The van der Waals surface area contributed by atoms with Gasteiger partial charge >= 0.3 is 0 Å². The lowest BCUT2D eigenvalue weighted by molar-refractivity contribution is 0.163. The molecular formula is C13H26IN3S. The summed E-state index contributed by atoms with van der Waals surface area (Å²) < 4.78 is 2.62. The molecule has 1 aliphatic rings. The van der Waals surface area contributed by atoms with E-state index < -0.39 is 0 Å². The van der Waals surface area contributed by atoms with E-state index in [1.54, 1.807) is 0 Å². The first kappa shape index (κ1) is 16.7. The Morgan fingerprint density at radius 2 is 1.78 bits per heavy atom. The molecule has 1 saturated heterocycles. The van der Waals surface area contributed by atoms with Crippen LogP contribution in [0.4, 0.5) is 0 Å². The van der Waals surface area contributed by atoms with Gasteiger partial charge in [-0.25, -0.2) is 3.11 Å². The summed E-state index contributed by atoms with van der Waals surface area (Å²) in [5.41, 5.74) is -0.0278. The van der Waals surface area contributed by atoms with Crippen LogP contribution < -0.4 is 0 Å². The lowest BCUT2D eigenvalue weighted by Gasteiger charge is -2.39. The van der Waals surface area contributed by atoms with Crippen molar-refractivity contribution in [1.29, 1.82) is 0 Å². The summed E-state index contributed by atoms with van der Waals surface area (Å²) >= 11 is 4.33. The van der Waals surface area contributed by atoms with E-state index in [1.807, 2.05) is 11.8 Å². The Morgan fingerprint density at radius 3 is 2.22 bits per heavy atom. The van der Waals surface area contributed by atoms with Crippen LogP contribution in [0.5, 0.6) is 0 Å². The maximum absolute atomic E-state index is 4.45. The number of rotatable bonds is 6. The standard InChI is InChI=1S/C13H26IN3S/c1-12(2,18-5)10-13(3,15-4)11-16-6-8-17(14)9-7-16/h4,6-11H2,1-3,5H3. The Hall–Kier alpha value is 0.670. The number of halogens is 1. The topological polar surface area (TPSA) is 18.8 Å². The van der Waals surface area contributed by atoms with E-state index in [2.05, 4.69) is 69.6 Å². The van der Waals surface area contributed by atoms with Crippen molar-refractivity contribution >= 4 is 41.3 Å². The molecule has 0 N–H and O–H groups in total. The first-order valence-corrected chi connectivity index (χ1v) is 8.65. The zero-order valence-corrected chi connectivity index (χ0v) is 15.1. The zero-order chi connectivity index (χ0) is 13.8. The molecule has 18 heavy (non-hydrogen) atoms. The first-order valence-electron chi connectivity index (χ1n) is 6.46. The number of thioether (sulfide) groups is 1. The molecule has 1 atom stereocenters. The average Bonchev–Trinajstić information content (AvgIpc) is 2.32. The Kier molecular flexibility index (Phi) is 6.41. The number of hydrogen-bond acceptors (Lipinski definition) is 4. The maximum Gasteiger partial charge on any atom is 0.0712 e. The van der Waals surface area contributed by atoms with Gasteiger partial charge < -0.3 is 0 Å². The van der Waals surface area contributed by atoms with Crippen molar-refractivity contribution in [2.45, 2.75) is 37.5 Å². The van der Waals surface area contributed by atoms with E-state index in [9.17, 15) is 0 Å². The van der Waals surface area contributed by atoms with Crippen molar-refractivity contribution in [3.63, 3.8) is 0 Å². The molecule has 0 spiro atoms. The Morgan fingerprint density at radius 1 is 1.22 bits per heavy atom. The van der Waals surface area contributed by atoms with Gasteiger partial charge in [0.25, 0.3) is 0 Å². The largest absolute Gasteiger partial charge is 0.298 e. The van der Waals surface area contributed by atoms with E-state index in [-0.39, 0.29) is 10.3 Å². The molecule has 1 heterocycles. The summed E-state index contributed by atoms with van der Waals surface area (Å²) in [5, 5.41) is 0. The molecule has 0 amide bonds. The van der Waals surface area contributed by atoms with E-state index >= 15 is 0 Å². The highest BCUT2D eigenvalue weighted by Gasteiger charge is 2.33. The van der Waals surface area contributed by atoms with Crippen molar-refractivity contribution in [2.75, 3.05) is 39.0 Å².